The molecule has 1 unspecified atom stereocenters. The highest BCUT2D eigenvalue weighted by Crippen LogP contribution is 2.35. The van der Waals surface area contributed by atoms with Gasteiger partial charge < -0.3 is 21.3 Å². The molecule has 0 amide bonds. The molecule has 1 aromatic heterocycles. The molecule has 2 aliphatic rings. The Kier molecular flexibility index (Phi) is 3.25. The zero-order chi connectivity index (χ0) is 14.2. The molecule has 0 radical (unpaired) electrons. The van der Waals surface area contributed by atoms with E-state index in [0.717, 1.165) is 18.4 Å². The van der Waals surface area contributed by atoms with Gasteiger partial charge in [-0.2, -0.15) is 4.98 Å². The van der Waals surface area contributed by atoms with Gasteiger partial charge in [-0.05, 0) is 25.8 Å². The highest BCUT2D eigenvalue weighted by atomic mass is 16.5. The first kappa shape index (κ1) is 13.2. The normalized spacial score (nSPS) is 27.7. The minimum Gasteiger partial charge on any atom is -0.399 e. The number of aromatic nitrogens is 2. The number of nitrogens with one attached hydrogen (secondary N) is 1. The molecule has 108 valence electrons. The number of hydrogen-bond acceptors (Lipinski definition) is 6. The molecule has 0 aromatic carbocycles. The van der Waals surface area contributed by atoms with E-state index in [2.05, 4.69) is 15.5 Å². The van der Waals surface area contributed by atoms with Gasteiger partial charge in [0.15, 0.2) is 5.82 Å². The van der Waals surface area contributed by atoms with Crippen LogP contribution in [0.25, 0.3) is 5.57 Å². The second-order valence-electron chi connectivity index (χ2n) is 5.69. The van der Waals surface area contributed by atoms with Gasteiger partial charge in [0.1, 0.15) is 5.66 Å². The van der Waals surface area contributed by atoms with Crippen LogP contribution in [0.5, 0.6) is 0 Å². The summed E-state index contributed by atoms with van der Waals surface area (Å²) in [4.78, 5) is 4.20. The summed E-state index contributed by atoms with van der Waals surface area (Å²) in [5.74, 6) is 1.43. The Morgan fingerprint density at radius 3 is 2.70 bits per heavy atom. The van der Waals surface area contributed by atoms with Crippen LogP contribution in [-0.4, -0.2) is 15.8 Å². The molecule has 0 saturated heterocycles. The van der Waals surface area contributed by atoms with Crippen molar-refractivity contribution in [2.45, 2.75) is 44.7 Å². The van der Waals surface area contributed by atoms with Crippen molar-refractivity contribution in [3.8, 4) is 0 Å². The summed E-state index contributed by atoms with van der Waals surface area (Å²) in [5, 5.41) is 7.05. The topological polar surface area (TPSA) is 103 Å². The van der Waals surface area contributed by atoms with Crippen LogP contribution in [0.1, 0.15) is 43.8 Å². The van der Waals surface area contributed by atoms with Crippen LogP contribution in [0.3, 0.4) is 0 Å². The molecule has 6 heteroatoms. The van der Waals surface area contributed by atoms with Gasteiger partial charge in [-0.1, -0.05) is 24.4 Å². The fourth-order valence-electron chi connectivity index (χ4n) is 3.06. The van der Waals surface area contributed by atoms with E-state index in [-0.39, 0.29) is 0 Å². The van der Waals surface area contributed by atoms with Crippen LogP contribution in [0.4, 0.5) is 0 Å². The number of aryl methyl sites for hydroxylation is 1. The quantitative estimate of drug-likeness (QED) is 0.754. The van der Waals surface area contributed by atoms with Crippen molar-refractivity contribution in [3.05, 3.63) is 29.7 Å². The first-order valence-corrected chi connectivity index (χ1v) is 7.14. The average Bonchev–Trinajstić information content (AvgIpc) is 2.89. The third kappa shape index (κ3) is 2.20. The van der Waals surface area contributed by atoms with Gasteiger partial charge in [0.05, 0.1) is 5.57 Å². The van der Waals surface area contributed by atoms with Crippen molar-refractivity contribution >= 4 is 5.57 Å². The molecule has 1 saturated carbocycles. The van der Waals surface area contributed by atoms with Crippen LogP contribution in [0.2, 0.25) is 0 Å². The first-order valence-electron chi connectivity index (χ1n) is 7.14. The maximum Gasteiger partial charge on any atom is 0.259 e. The van der Waals surface area contributed by atoms with Crippen LogP contribution >= 0.6 is 0 Å². The summed E-state index contributed by atoms with van der Waals surface area (Å²) in [6, 6.07) is 0. The summed E-state index contributed by atoms with van der Waals surface area (Å²) in [5.41, 5.74) is 13.5. The van der Waals surface area contributed by atoms with Gasteiger partial charge in [-0.3, -0.25) is 0 Å². The largest absolute Gasteiger partial charge is 0.399 e. The molecular weight excluding hydrogens is 254 g/mol. The van der Waals surface area contributed by atoms with E-state index in [0.29, 0.717) is 23.3 Å². The number of dihydropyridines is 1. The fourth-order valence-corrected chi connectivity index (χ4v) is 3.06. The molecule has 1 aliphatic carbocycles. The van der Waals surface area contributed by atoms with Gasteiger partial charge in [-0.15, -0.1) is 0 Å². The Bertz CT molecular complexity index is 556. The van der Waals surface area contributed by atoms with E-state index in [4.69, 9.17) is 16.0 Å². The van der Waals surface area contributed by atoms with Crippen LogP contribution in [-0.2, 0) is 0 Å². The van der Waals surface area contributed by atoms with Gasteiger partial charge >= 0.3 is 0 Å². The van der Waals surface area contributed by atoms with E-state index >= 15 is 0 Å². The Hall–Kier alpha value is -1.82. The average molecular weight is 275 g/mol. The molecule has 3 rings (SSSR count). The van der Waals surface area contributed by atoms with Crippen molar-refractivity contribution in [1.29, 1.82) is 0 Å². The van der Waals surface area contributed by atoms with Crippen LogP contribution in [0.15, 0.2) is 22.5 Å². The number of nitrogens with two attached hydrogens (primary N) is 2. The van der Waals surface area contributed by atoms with Crippen LogP contribution < -0.4 is 16.8 Å². The predicted octanol–water partition coefficient (Wildman–Crippen LogP) is 1.40. The Balaban J connectivity index is 1.82. The summed E-state index contributed by atoms with van der Waals surface area (Å²) in [6.45, 7) is 1.78. The van der Waals surface area contributed by atoms with Crippen molar-refractivity contribution in [3.63, 3.8) is 0 Å². The molecule has 0 spiro atoms. The Labute approximate surface area is 118 Å². The molecular formula is C14H21N5O. The summed E-state index contributed by atoms with van der Waals surface area (Å²) < 4.78 is 5.16. The third-order valence-corrected chi connectivity index (χ3v) is 4.28. The van der Waals surface area contributed by atoms with Gasteiger partial charge in [0, 0.05) is 17.8 Å². The third-order valence-electron chi connectivity index (χ3n) is 4.28. The molecule has 0 bridgehead atoms. The van der Waals surface area contributed by atoms with Crippen molar-refractivity contribution in [1.82, 2.24) is 15.5 Å². The lowest BCUT2D eigenvalue weighted by Crippen LogP contribution is -2.61. The Morgan fingerprint density at radius 1 is 1.35 bits per heavy atom. The SMILES string of the molecule is Cc1noc(C2=CNC(N)(C3CCCCC3)C(N)=C2)n1. The van der Waals surface area contributed by atoms with Crippen molar-refractivity contribution in [2.24, 2.45) is 17.4 Å². The van der Waals surface area contributed by atoms with Gasteiger partial charge in [0.25, 0.3) is 5.89 Å². The summed E-state index contributed by atoms with van der Waals surface area (Å²) >= 11 is 0. The molecule has 20 heavy (non-hydrogen) atoms. The summed E-state index contributed by atoms with van der Waals surface area (Å²) in [6.07, 6.45) is 9.63. The van der Waals surface area contributed by atoms with E-state index in [1.807, 2.05) is 12.3 Å². The zero-order valence-corrected chi connectivity index (χ0v) is 11.7. The number of allylic oxidation sites excluding steroid dienone is 2. The second-order valence-corrected chi connectivity index (χ2v) is 5.69. The van der Waals surface area contributed by atoms with Crippen molar-refractivity contribution in [2.75, 3.05) is 0 Å². The lowest BCUT2D eigenvalue weighted by Gasteiger charge is -2.42. The molecule has 1 aromatic rings. The molecule has 5 N–H and O–H groups in total. The highest BCUT2D eigenvalue weighted by Gasteiger charge is 2.39. The highest BCUT2D eigenvalue weighted by molar-refractivity contribution is 5.71. The minimum absolute atomic E-state index is 0.370. The second kappa shape index (κ2) is 4.94. The molecule has 2 heterocycles. The fraction of sp³-hybridized carbons (Fsp3) is 0.571. The Morgan fingerprint density at radius 2 is 2.10 bits per heavy atom. The van der Waals surface area contributed by atoms with E-state index < -0.39 is 5.66 Å². The lowest BCUT2D eigenvalue weighted by molar-refractivity contribution is 0.212. The first-order chi connectivity index (χ1) is 9.59. The predicted molar refractivity (Wildman–Crippen MR) is 75.9 cm³/mol. The zero-order valence-electron chi connectivity index (χ0n) is 11.7. The van der Waals surface area contributed by atoms with E-state index in [9.17, 15) is 0 Å². The monoisotopic (exact) mass is 275 g/mol. The maximum atomic E-state index is 6.51. The van der Waals surface area contributed by atoms with Gasteiger partial charge in [-0.25, -0.2) is 0 Å². The summed E-state index contributed by atoms with van der Waals surface area (Å²) in [7, 11) is 0. The van der Waals surface area contributed by atoms with Crippen molar-refractivity contribution < 1.29 is 4.52 Å². The number of rotatable bonds is 2. The molecule has 6 nitrogen and oxygen atoms in total. The smallest absolute Gasteiger partial charge is 0.259 e. The standard InChI is InChI=1S/C14H21N5O/c1-9-18-13(20-19-9)10-7-12(15)14(16,17-8-10)11-5-3-2-4-6-11/h7-8,11,17H,2-6,15-16H2,1H3. The number of hydrogen-bond donors (Lipinski definition) is 3. The van der Waals surface area contributed by atoms with E-state index in [1.165, 1.54) is 19.3 Å². The van der Waals surface area contributed by atoms with E-state index in [1.54, 1.807) is 6.92 Å². The molecule has 1 aliphatic heterocycles. The molecule has 1 atom stereocenters. The van der Waals surface area contributed by atoms with Gasteiger partial charge in [0.2, 0.25) is 0 Å². The van der Waals surface area contributed by atoms with Crippen LogP contribution in [0, 0.1) is 12.8 Å². The number of nitrogens with zero attached hydrogens (tertiary/aromatic N) is 2. The lowest BCUT2D eigenvalue weighted by atomic mass is 9.77. The maximum absolute atomic E-state index is 6.51. The molecule has 1 fully saturated rings. The minimum atomic E-state index is -0.654.